The van der Waals surface area contributed by atoms with Crippen LogP contribution >= 0.6 is 11.8 Å². The molecule has 9 heteroatoms. The molecule has 0 atom stereocenters. The maximum atomic E-state index is 14.3. The molecule has 27 heavy (non-hydrogen) atoms. The lowest BCUT2D eigenvalue weighted by molar-refractivity contribution is -0.117. The highest BCUT2D eigenvalue weighted by atomic mass is 32.2. The van der Waals surface area contributed by atoms with Gasteiger partial charge < -0.3 is 5.32 Å². The van der Waals surface area contributed by atoms with E-state index >= 15 is 0 Å². The minimum absolute atomic E-state index is 0.0370. The number of thioether (sulfide) groups is 1. The molecule has 0 aliphatic carbocycles. The Hall–Kier alpha value is -3.20. The number of benzene rings is 2. The first-order valence-corrected chi connectivity index (χ1v) is 8.91. The number of carbonyl (C=O) groups is 2. The Balaban J connectivity index is 2.06. The number of imide groups is 1. The summed E-state index contributed by atoms with van der Waals surface area (Å²) in [6, 6.07) is 11.9. The highest BCUT2D eigenvalue weighted by molar-refractivity contribution is 7.99. The topological polar surface area (TPSA) is 93.1 Å². The van der Waals surface area contributed by atoms with E-state index in [1.54, 1.807) is 30.3 Å². The van der Waals surface area contributed by atoms with Gasteiger partial charge in [-0.25, -0.2) is 14.2 Å². The van der Waals surface area contributed by atoms with Crippen LogP contribution in [0.15, 0.2) is 58.5 Å². The molecule has 0 saturated carbocycles. The van der Waals surface area contributed by atoms with Gasteiger partial charge in [0.15, 0.2) is 5.16 Å². The molecule has 0 radical (unpaired) electrons. The number of carbonyl (C=O) groups excluding carboxylic acids is 2. The zero-order valence-corrected chi connectivity index (χ0v) is 15.0. The zero-order chi connectivity index (χ0) is 19.4. The molecule has 0 spiro atoms. The SMILES string of the molecule is CNC(=O)NC(=O)CSc1nc2ccccc2c(=O)n1-c1ccccc1F. The van der Waals surface area contributed by atoms with Gasteiger partial charge in [0, 0.05) is 7.05 Å². The van der Waals surface area contributed by atoms with Gasteiger partial charge in [0.25, 0.3) is 5.56 Å². The van der Waals surface area contributed by atoms with Crippen molar-refractivity contribution in [3.8, 4) is 5.69 Å². The van der Waals surface area contributed by atoms with Crippen molar-refractivity contribution in [2.45, 2.75) is 5.16 Å². The molecule has 0 fully saturated rings. The third kappa shape index (κ3) is 3.98. The lowest BCUT2D eigenvalue weighted by Gasteiger charge is -2.13. The molecule has 3 amide bonds. The summed E-state index contributed by atoms with van der Waals surface area (Å²) in [5, 5.41) is 4.88. The fourth-order valence-electron chi connectivity index (χ4n) is 2.41. The molecule has 1 aromatic heterocycles. The largest absolute Gasteiger partial charge is 0.341 e. The Bertz CT molecular complexity index is 1080. The maximum Gasteiger partial charge on any atom is 0.321 e. The number of urea groups is 1. The molecule has 0 saturated heterocycles. The van der Waals surface area contributed by atoms with Crippen molar-refractivity contribution in [2.75, 3.05) is 12.8 Å². The number of halogens is 1. The molecule has 2 N–H and O–H groups in total. The molecular weight excluding hydrogens is 371 g/mol. The van der Waals surface area contributed by atoms with Crippen molar-refractivity contribution in [3.05, 3.63) is 64.7 Å². The average Bonchev–Trinajstić information content (AvgIpc) is 2.67. The molecule has 138 valence electrons. The van der Waals surface area contributed by atoms with E-state index in [2.05, 4.69) is 15.6 Å². The predicted molar refractivity (Wildman–Crippen MR) is 101 cm³/mol. The van der Waals surface area contributed by atoms with Gasteiger partial charge in [-0.15, -0.1) is 0 Å². The van der Waals surface area contributed by atoms with Crippen molar-refractivity contribution in [1.29, 1.82) is 0 Å². The number of amides is 3. The monoisotopic (exact) mass is 386 g/mol. The Morgan fingerprint density at radius 3 is 2.59 bits per heavy atom. The fourth-order valence-corrected chi connectivity index (χ4v) is 3.22. The number of fused-ring (bicyclic) bond motifs is 1. The van der Waals surface area contributed by atoms with Crippen LogP contribution in [0.25, 0.3) is 16.6 Å². The van der Waals surface area contributed by atoms with Gasteiger partial charge in [0.05, 0.1) is 22.3 Å². The number of hydrogen-bond acceptors (Lipinski definition) is 5. The number of nitrogens with zero attached hydrogens (tertiary/aromatic N) is 2. The van der Waals surface area contributed by atoms with Crippen molar-refractivity contribution in [3.63, 3.8) is 0 Å². The van der Waals surface area contributed by atoms with E-state index < -0.39 is 23.3 Å². The first-order chi connectivity index (χ1) is 13.0. The summed E-state index contributed by atoms with van der Waals surface area (Å²) in [4.78, 5) is 40.4. The molecule has 0 aliphatic rings. The summed E-state index contributed by atoms with van der Waals surface area (Å²) in [6.07, 6.45) is 0. The van der Waals surface area contributed by atoms with Crippen LogP contribution in [0.4, 0.5) is 9.18 Å². The molecule has 3 rings (SSSR count). The molecule has 3 aromatic rings. The van der Waals surface area contributed by atoms with Crippen molar-refractivity contribution < 1.29 is 14.0 Å². The van der Waals surface area contributed by atoms with Gasteiger partial charge in [-0.1, -0.05) is 36.0 Å². The van der Waals surface area contributed by atoms with E-state index in [0.29, 0.717) is 10.9 Å². The van der Waals surface area contributed by atoms with Crippen LogP contribution in [-0.4, -0.2) is 34.3 Å². The van der Waals surface area contributed by atoms with E-state index in [4.69, 9.17) is 0 Å². The van der Waals surface area contributed by atoms with Crippen molar-refractivity contribution >= 4 is 34.6 Å². The lowest BCUT2D eigenvalue weighted by atomic mass is 10.2. The van der Waals surface area contributed by atoms with E-state index in [0.717, 1.165) is 16.3 Å². The van der Waals surface area contributed by atoms with Gasteiger partial charge in [-0.2, -0.15) is 0 Å². The van der Waals surface area contributed by atoms with Crippen molar-refractivity contribution in [2.24, 2.45) is 0 Å². The number of rotatable bonds is 4. The highest BCUT2D eigenvalue weighted by Crippen LogP contribution is 2.22. The predicted octanol–water partition coefficient (Wildman–Crippen LogP) is 2.07. The van der Waals surface area contributed by atoms with Crippen LogP contribution in [0.5, 0.6) is 0 Å². The number of aromatic nitrogens is 2. The third-order valence-corrected chi connectivity index (χ3v) is 4.59. The smallest absolute Gasteiger partial charge is 0.321 e. The molecular formula is C18H15FN4O3S. The van der Waals surface area contributed by atoms with Gasteiger partial charge in [-0.05, 0) is 24.3 Å². The molecule has 0 unspecified atom stereocenters. The normalized spacial score (nSPS) is 10.6. The van der Waals surface area contributed by atoms with Gasteiger partial charge in [0.1, 0.15) is 5.82 Å². The van der Waals surface area contributed by atoms with Gasteiger partial charge in [0.2, 0.25) is 5.91 Å². The fraction of sp³-hybridized carbons (Fsp3) is 0.111. The molecule has 1 heterocycles. The average molecular weight is 386 g/mol. The Kier molecular flexibility index (Phi) is 5.51. The Morgan fingerprint density at radius 2 is 1.85 bits per heavy atom. The number of para-hydroxylation sites is 2. The van der Waals surface area contributed by atoms with Crippen LogP contribution in [0, 0.1) is 5.82 Å². The standard InChI is InChI=1S/C18H15FN4O3S/c1-20-17(26)22-15(24)10-27-18-21-13-8-4-2-6-11(13)16(25)23(18)14-9-5-3-7-12(14)19/h2-9H,10H2,1H3,(H2,20,22,24,26). The molecule has 0 aliphatic heterocycles. The molecule has 2 aromatic carbocycles. The second-order valence-electron chi connectivity index (χ2n) is 5.42. The number of hydrogen-bond donors (Lipinski definition) is 2. The maximum absolute atomic E-state index is 14.3. The summed E-state index contributed by atoms with van der Waals surface area (Å²) < 4.78 is 15.5. The van der Waals surface area contributed by atoms with Gasteiger partial charge in [-0.3, -0.25) is 19.5 Å². The summed E-state index contributed by atoms with van der Waals surface area (Å²) in [5.41, 5.74) is 0.0270. The molecule has 0 bridgehead atoms. The quantitative estimate of drug-likeness (QED) is 0.529. The first-order valence-electron chi connectivity index (χ1n) is 7.92. The van der Waals surface area contributed by atoms with Crippen LogP contribution in [0.1, 0.15) is 0 Å². The summed E-state index contributed by atoms with van der Waals surface area (Å²) >= 11 is 0.933. The minimum atomic E-state index is -0.640. The summed E-state index contributed by atoms with van der Waals surface area (Å²) in [6.45, 7) is 0. The van der Waals surface area contributed by atoms with E-state index in [1.807, 2.05) is 0 Å². The zero-order valence-electron chi connectivity index (χ0n) is 14.2. The van der Waals surface area contributed by atoms with Crippen LogP contribution in [0.2, 0.25) is 0 Å². The van der Waals surface area contributed by atoms with Gasteiger partial charge >= 0.3 is 6.03 Å². The Labute approximate surface area is 157 Å². The van der Waals surface area contributed by atoms with Crippen LogP contribution in [0.3, 0.4) is 0 Å². The highest BCUT2D eigenvalue weighted by Gasteiger charge is 2.17. The summed E-state index contributed by atoms with van der Waals surface area (Å²) in [5.74, 6) is -1.33. The summed E-state index contributed by atoms with van der Waals surface area (Å²) in [7, 11) is 1.39. The third-order valence-electron chi connectivity index (χ3n) is 3.65. The van der Waals surface area contributed by atoms with Crippen LogP contribution < -0.4 is 16.2 Å². The second-order valence-corrected chi connectivity index (χ2v) is 6.36. The minimum Gasteiger partial charge on any atom is -0.341 e. The first kappa shape index (κ1) is 18.6. The lowest BCUT2D eigenvalue weighted by Crippen LogP contribution is -2.38. The molecule has 7 nitrogen and oxygen atoms in total. The number of nitrogens with one attached hydrogen (secondary N) is 2. The van der Waals surface area contributed by atoms with Crippen molar-refractivity contribution in [1.82, 2.24) is 20.2 Å². The van der Waals surface area contributed by atoms with E-state index in [1.165, 1.54) is 25.2 Å². The Morgan fingerprint density at radius 1 is 1.15 bits per heavy atom. The van der Waals surface area contributed by atoms with E-state index in [-0.39, 0.29) is 16.6 Å². The van der Waals surface area contributed by atoms with Crippen LogP contribution in [-0.2, 0) is 4.79 Å². The van der Waals surface area contributed by atoms with E-state index in [9.17, 15) is 18.8 Å². The second kappa shape index (κ2) is 8.00.